The number of nitrogens with one attached hydrogen (secondary N) is 1. The highest BCUT2D eigenvalue weighted by Crippen LogP contribution is 2.61. The lowest BCUT2D eigenvalue weighted by atomic mass is 9.49. The zero-order valence-corrected chi connectivity index (χ0v) is 16.1. The van der Waals surface area contributed by atoms with Gasteiger partial charge in [0.15, 0.2) is 0 Å². The monoisotopic (exact) mass is 365 g/mol. The van der Waals surface area contributed by atoms with Crippen molar-refractivity contribution < 1.29 is 4.79 Å². The van der Waals surface area contributed by atoms with Crippen LogP contribution in [0, 0.1) is 37.0 Å². The zero-order valence-electron chi connectivity index (χ0n) is 16.1. The zero-order chi connectivity index (χ0) is 18.6. The Balaban J connectivity index is 1.26. The Morgan fingerprint density at radius 3 is 2.22 bits per heavy atom. The summed E-state index contributed by atoms with van der Waals surface area (Å²) in [5, 5.41) is 7.42. The molecule has 0 spiro atoms. The van der Waals surface area contributed by atoms with Crippen LogP contribution in [0.1, 0.15) is 56.3 Å². The van der Waals surface area contributed by atoms with Crippen LogP contribution in [0.4, 0.5) is 5.69 Å². The second-order valence-corrected chi connectivity index (χ2v) is 9.25. The van der Waals surface area contributed by atoms with E-state index in [1.165, 1.54) is 38.5 Å². The van der Waals surface area contributed by atoms with E-state index in [-0.39, 0.29) is 11.3 Å². The van der Waals surface area contributed by atoms with Gasteiger partial charge < -0.3 is 5.32 Å². The summed E-state index contributed by atoms with van der Waals surface area (Å²) in [6.07, 6.45) is 12.0. The Hall–Kier alpha value is -2.24. The number of aromatic nitrogens is 4. The van der Waals surface area contributed by atoms with Crippen LogP contribution in [0.2, 0.25) is 0 Å². The summed E-state index contributed by atoms with van der Waals surface area (Å²) in [6, 6.07) is 1.99. The van der Waals surface area contributed by atoms with Gasteiger partial charge in [0.2, 0.25) is 5.91 Å². The fourth-order valence-corrected chi connectivity index (χ4v) is 6.38. The van der Waals surface area contributed by atoms with Crippen LogP contribution in [-0.2, 0) is 4.79 Å². The van der Waals surface area contributed by atoms with Gasteiger partial charge in [-0.2, -0.15) is 5.10 Å². The van der Waals surface area contributed by atoms with Crippen LogP contribution >= 0.6 is 0 Å². The average Bonchev–Trinajstić information content (AvgIpc) is 2.92. The molecule has 4 aliphatic rings. The van der Waals surface area contributed by atoms with E-state index in [4.69, 9.17) is 0 Å². The van der Waals surface area contributed by atoms with Crippen molar-refractivity contribution in [1.29, 1.82) is 0 Å². The summed E-state index contributed by atoms with van der Waals surface area (Å²) in [5.41, 5.74) is 2.84. The molecule has 4 saturated carbocycles. The summed E-state index contributed by atoms with van der Waals surface area (Å²) >= 11 is 0. The standard InChI is InChI=1S/C21H27N5O/c1-13-3-14(2)26(25-13)20-22-11-18(12-23-20)24-19(27)10-21-7-15-4-16(8-21)6-17(5-15)9-21/h3,11-12,15-17H,4-10H2,1-2H3,(H,24,27). The Morgan fingerprint density at radius 2 is 1.70 bits per heavy atom. The van der Waals surface area contributed by atoms with E-state index in [0.29, 0.717) is 18.1 Å². The van der Waals surface area contributed by atoms with E-state index in [1.54, 1.807) is 17.1 Å². The summed E-state index contributed by atoms with van der Waals surface area (Å²) < 4.78 is 1.72. The Kier molecular flexibility index (Phi) is 3.85. The maximum Gasteiger partial charge on any atom is 0.250 e. The Morgan fingerprint density at radius 1 is 1.11 bits per heavy atom. The number of rotatable bonds is 4. The van der Waals surface area contributed by atoms with Crippen molar-refractivity contribution in [3.63, 3.8) is 0 Å². The van der Waals surface area contributed by atoms with Crippen LogP contribution < -0.4 is 5.32 Å². The molecule has 0 saturated heterocycles. The van der Waals surface area contributed by atoms with Crippen LogP contribution in [-0.4, -0.2) is 25.7 Å². The SMILES string of the molecule is Cc1cc(C)n(-c2ncc(NC(=O)CC34CC5CC(CC(C5)C3)C4)cn2)n1. The number of anilines is 1. The van der Waals surface area contributed by atoms with Crippen LogP contribution in [0.3, 0.4) is 0 Å². The molecule has 0 atom stereocenters. The minimum absolute atomic E-state index is 0.111. The third-order valence-corrected chi connectivity index (χ3v) is 6.82. The Bertz CT molecular complexity index is 834. The Labute approximate surface area is 159 Å². The molecule has 27 heavy (non-hydrogen) atoms. The van der Waals surface area contributed by atoms with Gasteiger partial charge >= 0.3 is 0 Å². The van der Waals surface area contributed by atoms with Crippen molar-refractivity contribution >= 4 is 11.6 Å². The molecule has 4 bridgehead atoms. The topological polar surface area (TPSA) is 72.7 Å². The van der Waals surface area contributed by atoms with E-state index in [0.717, 1.165) is 29.1 Å². The van der Waals surface area contributed by atoms with Gasteiger partial charge in [-0.05, 0) is 81.6 Å². The number of nitrogens with zero attached hydrogens (tertiary/aromatic N) is 4. The number of amides is 1. The van der Waals surface area contributed by atoms with Crippen LogP contribution in [0.25, 0.3) is 5.95 Å². The van der Waals surface area contributed by atoms with E-state index in [2.05, 4.69) is 20.4 Å². The molecular weight excluding hydrogens is 338 g/mol. The van der Waals surface area contributed by atoms with Crippen molar-refractivity contribution in [3.8, 4) is 5.95 Å². The highest BCUT2D eigenvalue weighted by Gasteiger charge is 2.51. The lowest BCUT2D eigenvalue weighted by Crippen LogP contribution is -2.47. The highest BCUT2D eigenvalue weighted by molar-refractivity contribution is 5.90. The van der Waals surface area contributed by atoms with Crippen molar-refractivity contribution in [2.24, 2.45) is 23.2 Å². The van der Waals surface area contributed by atoms with Gasteiger partial charge in [0, 0.05) is 12.1 Å². The summed E-state index contributed by atoms with van der Waals surface area (Å²) in [7, 11) is 0. The van der Waals surface area contributed by atoms with Crippen LogP contribution in [0.5, 0.6) is 0 Å². The summed E-state index contributed by atoms with van der Waals surface area (Å²) in [4.78, 5) is 21.5. The first-order chi connectivity index (χ1) is 13.0. The van der Waals surface area contributed by atoms with E-state index in [9.17, 15) is 4.79 Å². The molecule has 0 radical (unpaired) electrons. The molecule has 6 rings (SSSR count). The fourth-order valence-electron chi connectivity index (χ4n) is 6.38. The quantitative estimate of drug-likeness (QED) is 0.894. The predicted octanol–water partition coefficient (Wildman–Crippen LogP) is 3.82. The molecule has 1 N–H and O–H groups in total. The highest BCUT2D eigenvalue weighted by atomic mass is 16.1. The van der Waals surface area contributed by atoms with Gasteiger partial charge in [0.25, 0.3) is 5.95 Å². The molecule has 6 nitrogen and oxygen atoms in total. The van der Waals surface area contributed by atoms with E-state index >= 15 is 0 Å². The third-order valence-electron chi connectivity index (χ3n) is 6.82. The third kappa shape index (κ3) is 3.15. The molecule has 0 unspecified atom stereocenters. The minimum atomic E-state index is 0.111. The molecule has 4 fully saturated rings. The maximum atomic E-state index is 12.7. The largest absolute Gasteiger partial charge is 0.323 e. The molecular formula is C21H27N5O. The van der Waals surface area contributed by atoms with Gasteiger partial charge in [-0.1, -0.05) is 0 Å². The first-order valence-electron chi connectivity index (χ1n) is 10.1. The van der Waals surface area contributed by atoms with Crippen molar-refractivity contribution in [2.75, 3.05) is 5.32 Å². The molecule has 142 valence electrons. The van der Waals surface area contributed by atoms with Gasteiger partial charge in [0.05, 0.1) is 23.8 Å². The summed E-state index contributed by atoms with van der Waals surface area (Å²) in [5.74, 6) is 3.24. The van der Waals surface area contributed by atoms with E-state index < -0.39 is 0 Å². The number of hydrogen-bond donors (Lipinski definition) is 1. The van der Waals surface area contributed by atoms with Gasteiger partial charge in [0.1, 0.15) is 0 Å². The van der Waals surface area contributed by atoms with Crippen molar-refractivity contribution in [3.05, 3.63) is 29.8 Å². The number of carbonyl (C=O) groups is 1. The lowest BCUT2D eigenvalue weighted by molar-refractivity contribution is -0.124. The second kappa shape index (κ2) is 6.14. The molecule has 0 aliphatic heterocycles. The number of hydrogen-bond acceptors (Lipinski definition) is 4. The van der Waals surface area contributed by atoms with Gasteiger partial charge in [-0.15, -0.1) is 0 Å². The second-order valence-electron chi connectivity index (χ2n) is 9.25. The summed E-state index contributed by atoms with van der Waals surface area (Å²) in [6.45, 7) is 3.92. The molecule has 0 aromatic carbocycles. The average molecular weight is 365 g/mol. The molecule has 2 aromatic heterocycles. The number of carbonyl (C=O) groups excluding carboxylic acids is 1. The first kappa shape index (κ1) is 16.9. The van der Waals surface area contributed by atoms with E-state index in [1.807, 2.05) is 19.9 Å². The lowest BCUT2D eigenvalue weighted by Gasteiger charge is -2.56. The van der Waals surface area contributed by atoms with Gasteiger partial charge in [-0.3, -0.25) is 4.79 Å². The maximum absolute atomic E-state index is 12.7. The normalized spacial score (nSPS) is 31.3. The molecule has 6 heteroatoms. The van der Waals surface area contributed by atoms with Gasteiger partial charge in [-0.25, -0.2) is 14.6 Å². The molecule has 2 aromatic rings. The number of aryl methyl sites for hydroxylation is 2. The molecule has 2 heterocycles. The first-order valence-corrected chi connectivity index (χ1v) is 10.1. The smallest absolute Gasteiger partial charge is 0.250 e. The fraction of sp³-hybridized carbons (Fsp3) is 0.619. The molecule has 1 amide bonds. The predicted molar refractivity (Wildman–Crippen MR) is 102 cm³/mol. The molecule has 4 aliphatic carbocycles. The van der Waals surface area contributed by atoms with Crippen molar-refractivity contribution in [1.82, 2.24) is 19.7 Å². The van der Waals surface area contributed by atoms with Crippen molar-refractivity contribution in [2.45, 2.75) is 58.8 Å². The minimum Gasteiger partial charge on any atom is -0.323 e. The van der Waals surface area contributed by atoms with Crippen LogP contribution in [0.15, 0.2) is 18.5 Å².